The predicted molar refractivity (Wildman–Crippen MR) is 65.8 cm³/mol. The fourth-order valence-corrected chi connectivity index (χ4v) is 1.77. The molecule has 0 heterocycles. The zero-order chi connectivity index (χ0) is 12.8. The normalized spacial score (nSPS) is 14.1. The first-order valence-electron chi connectivity index (χ1n) is 4.53. The summed E-state index contributed by atoms with van der Waals surface area (Å²) in [6, 6.07) is 6.63. The van der Waals surface area contributed by atoms with E-state index in [1.54, 1.807) is 31.3 Å². The lowest BCUT2D eigenvalue weighted by atomic mass is 10.3. The molecule has 6 nitrogen and oxygen atoms in total. The van der Waals surface area contributed by atoms with Crippen LogP contribution in [0.5, 0.6) is 5.75 Å². The van der Waals surface area contributed by atoms with Gasteiger partial charge in [0.1, 0.15) is 5.75 Å². The molecule has 0 spiro atoms. The van der Waals surface area contributed by atoms with E-state index in [9.17, 15) is 8.42 Å². The standard InChI is InChI=1S/C9H13NO5S2/c1-10(15-16(3)11)8-5-4-6-9(7-8)14-17(12)13-2/h4-7H,1-3H3. The predicted octanol–water partition coefficient (Wildman–Crippen LogP) is 0.952. The van der Waals surface area contributed by atoms with Crippen molar-refractivity contribution in [3.8, 4) is 5.75 Å². The minimum atomic E-state index is -1.83. The van der Waals surface area contributed by atoms with Crippen LogP contribution >= 0.6 is 0 Å². The summed E-state index contributed by atoms with van der Waals surface area (Å²) in [7, 11) is 2.88. The molecule has 2 unspecified atom stereocenters. The average Bonchev–Trinajstić information content (AvgIpc) is 2.28. The van der Waals surface area contributed by atoms with Gasteiger partial charge < -0.3 is 4.18 Å². The number of anilines is 1. The van der Waals surface area contributed by atoms with Crippen LogP contribution in [0.4, 0.5) is 5.69 Å². The summed E-state index contributed by atoms with van der Waals surface area (Å²) in [6.45, 7) is 0. The molecule has 0 aliphatic heterocycles. The molecule has 0 aromatic heterocycles. The van der Waals surface area contributed by atoms with E-state index in [1.165, 1.54) is 18.4 Å². The molecule has 0 N–H and O–H groups in total. The van der Waals surface area contributed by atoms with Crippen molar-refractivity contribution in [3.63, 3.8) is 0 Å². The van der Waals surface area contributed by atoms with Gasteiger partial charge in [-0.05, 0) is 12.1 Å². The highest BCUT2D eigenvalue weighted by molar-refractivity contribution is 7.79. The monoisotopic (exact) mass is 279 g/mol. The Balaban J connectivity index is 2.78. The molecule has 1 rings (SSSR count). The Morgan fingerprint density at radius 1 is 1.29 bits per heavy atom. The Labute approximate surface area is 105 Å². The van der Waals surface area contributed by atoms with Crippen LogP contribution in [-0.4, -0.2) is 28.8 Å². The van der Waals surface area contributed by atoms with Gasteiger partial charge >= 0.3 is 11.4 Å². The highest BCUT2D eigenvalue weighted by Crippen LogP contribution is 2.21. The first-order valence-corrected chi connectivity index (χ1v) is 7.01. The smallest absolute Gasteiger partial charge is 0.359 e. The molecular weight excluding hydrogens is 266 g/mol. The topological polar surface area (TPSA) is 65.1 Å². The number of benzene rings is 1. The van der Waals surface area contributed by atoms with Crippen LogP contribution in [0.3, 0.4) is 0 Å². The van der Waals surface area contributed by atoms with E-state index in [2.05, 4.69) is 4.18 Å². The number of hydrogen-bond donors (Lipinski definition) is 0. The third-order valence-corrected chi connectivity index (χ3v) is 2.73. The van der Waals surface area contributed by atoms with Crippen LogP contribution < -0.4 is 9.25 Å². The SMILES string of the molecule is COS(=O)Oc1cccc(N(C)OS(C)=O)c1. The van der Waals surface area contributed by atoms with Gasteiger partial charge in [-0.1, -0.05) is 6.07 Å². The molecule has 0 saturated carbocycles. The summed E-state index contributed by atoms with van der Waals surface area (Å²) in [5, 5.41) is 1.33. The van der Waals surface area contributed by atoms with Crippen molar-refractivity contribution in [2.45, 2.75) is 0 Å². The third kappa shape index (κ3) is 4.82. The maximum absolute atomic E-state index is 11.0. The van der Waals surface area contributed by atoms with Crippen molar-refractivity contribution in [1.82, 2.24) is 0 Å². The van der Waals surface area contributed by atoms with Crippen LogP contribution in [-0.2, 0) is 30.9 Å². The summed E-state index contributed by atoms with van der Waals surface area (Å²) < 4.78 is 36.3. The molecule has 0 bridgehead atoms. The summed E-state index contributed by atoms with van der Waals surface area (Å²) in [4.78, 5) is 0. The second-order valence-electron chi connectivity index (χ2n) is 2.92. The Morgan fingerprint density at radius 2 is 2.00 bits per heavy atom. The van der Waals surface area contributed by atoms with Gasteiger partial charge in [0.05, 0.1) is 12.8 Å². The molecular formula is C9H13NO5S2. The average molecular weight is 279 g/mol. The van der Waals surface area contributed by atoms with Gasteiger partial charge in [0.2, 0.25) is 0 Å². The highest BCUT2D eigenvalue weighted by Gasteiger charge is 2.07. The van der Waals surface area contributed by atoms with Gasteiger partial charge in [0, 0.05) is 19.4 Å². The van der Waals surface area contributed by atoms with Crippen molar-refractivity contribution >= 4 is 28.1 Å². The van der Waals surface area contributed by atoms with E-state index in [-0.39, 0.29) is 0 Å². The maximum atomic E-state index is 11.0. The zero-order valence-electron chi connectivity index (χ0n) is 9.61. The summed E-state index contributed by atoms with van der Waals surface area (Å²) in [5.74, 6) is 0.361. The Kier molecular flexibility index (Phi) is 5.56. The van der Waals surface area contributed by atoms with Crippen molar-refractivity contribution in [2.75, 3.05) is 25.5 Å². The molecule has 0 fully saturated rings. The molecule has 0 amide bonds. The lowest BCUT2D eigenvalue weighted by Gasteiger charge is -2.16. The quantitative estimate of drug-likeness (QED) is 0.722. The van der Waals surface area contributed by atoms with Crippen molar-refractivity contribution < 1.29 is 21.1 Å². The first-order chi connectivity index (χ1) is 8.02. The van der Waals surface area contributed by atoms with E-state index < -0.39 is 22.4 Å². The van der Waals surface area contributed by atoms with E-state index >= 15 is 0 Å². The lowest BCUT2D eigenvalue weighted by molar-refractivity contribution is 0.335. The molecule has 1 aromatic carbocycles. The minimum Gasteiger partial charge on any atom is -0.380 e. The third-order valence-electron chi connectivity index (χ3n) is 1.70. The summed E-state index contributed by atoms with van der Waals surface area (Å²) >= 11 is -3.24. The van der Waals surface area contributed by atoms with Gasteiger partial charge in [-0.3, -0.25) is 4.18 Å². The number of hydrogen-bond acceptors (Lipinski definition) is 6. The Hall–Kier alpha value is -0.960. The second-order valence-corrected chi connectivity index (χ2v) is 4.78. The van der Waals surface area contributed by atoms with Gasteiger partial charge in [-0.2, -0.15) is 8.49 Å². The second kappa shape index (κ2) is 6.70. The minimum absolute atomic E-state index is 0.361. The molecule has 2 atom stereocenters. The fraction of sp³-hybridized carbons (Fsp3) is 0.333. The molecule has 8 heteroatoms. The van der Waals surface area contributed by atoms with Gasteiger partial charge in [0.25, 0.3) is 0 Å². The van der Waals surface area contributed by atoms with Crippen LogP contribution in [0.25, 0.3) is 0 Å². The molecule has 0 aliphatic carbocycles. The van der Waals surface area contributed by atoms with Crippen LogP contribution in [0, 0.1) is 0 Å². The Bertz CT molecular complexity index is 426. The van der Waals surface area contributed by atoms with E-state index in [1.807, 2.05) is 0 Å². The first kappa shape index (κ1) is 14.1. The number of nitrogens with zero attached hydrogens (tertiary/aromatic N) is 1. The van der Waals surface area contributed by atoms with Crippen molar-refractivity contribution in [2.24, 2.45) is 0 Å². The molecule has 0 radical (unpaired) electrons. The molecule has 1 aromatic rings. The molecule has 17 heavy (non-hydrogen) atoms. The van der Waals surface area contributed by atoms with E-state index in [0.29, 0.717) is 11.4 Å². The van der Waals surface area contributed by atoms with E-state index in [0.717, 1.165) is 0 Å². The van der Waals surface area contributed by atoms with E-state index in [4.69, 9.17) is 8.47 Å². The Morgan fingerprint density at radius 3 is 2.59 bits per heavy atom. The van der Waals surface area contributed by atoms with Gasteiger partial charge in [-0.15, -0.1) is 0 Å². The summed E-state index contributed by atoms with van der Waals surface area (Å²) in [5.41, 5.74) is 0.616. The lowest BCUT2D eigenvalue weighted by Crippen LogP contribution is -2.18. The van der Waals surface area contributed by atoms with Gasteiger partial charge in [-0.25, -0.2) is 9.27 Å². The molecule has 0 saturated heterocycles. The van der Waals surface area contributed by atoms with Crippen LogP contribution in [0.1, 0.15) is 0 Å². The summed E-state index contributed by atoms with van der Waals surface area (Å²) in [6.07, 6.45) is 1.41. The molecule has 96 valence electrons. The fourth-order valence-electron chi connectivity index (χ4n) is 1.04. The maximum Gasteiger partial charge on any atom is 0.359 e. The van der Waals surface area contributed by atoms with Crippen molar-refractivity contribution in [1.29, 1.82) is 0 Å². The number of hydroxylamine groups is 1. The van der Waals surface area contributed by atoms with Crippen LogP contribution in [0.2, 0.25) is 0 Å². The van der Waals surface area contributed by atoms with Crippen LogP contribution in [0.15, 0.2) is 24.3 Å². The van der Waals surface area contributed by atoms with Crippen molar-refractivity contribution in [3.05, 3.63) is 24.3 Å². The van der Waals surface area contributed by atoms with Gasteiger partial charge in [0.15, 0.2) is 11.1 Å². The molecule has 0 aliphatic rings. The number of rotatable bonds is 6. The largest absolute Gasteiger partial charge is 0.380 e. The zero-order valence-corrected chi connectivity index (χ0v) is 11.2. The highest BCUT2D eigenvalue weighted by atomic mass is 32.2.